The summed E-state index contributed by atoms with van der Waals surface area (Å²) >= 11 is 0. The monoisotopic (exact) mass is 253 g/mol. The van der Waals surface area contributed by atoms with Gasteiger partial charge in [-0.2, -0.15) is 0 Å². The van der Waals surface area contributed by atoms with Crippen molar-refractivity contribution in [3.8, 4) is 5.75 Å². The number of nitrogens with two attached hydrogens (primary N) is 1. The van der Waals surface area contributed by atoms with E-state index in [1.54, 1.807) is 19.9 Å². The molecule has 0 aromatic heterocycles. The number of carbonyl (C=O) groups excluding carboxylic acids is 1. The second-order valence-electron chi connectivity index (χ2n) is 3.73. The van der Waals surface area contributed by atoms with Gasteiger partial charge in [0.1, 0.15) is 5.75 Å². The van der Waals surface area contributed by atoms with Crippen LogP contribution in [0.2, 0.25) is 0 Å². The maximum atomic E-state index is 11.4. The Bertz CT molecular complexity index is 462. The number of hydrogen-bond acceptors (Lipinski definition) is 5. The zero-order chi connectivity index (χ0) is 13.7. The molecule has 1 aromatic rings. The third-order valence-corrected chi connectivity index (χ3v) is 2.46. The van der Waals surface area contributed by atoms with E-state index in [-0.39, 0.29) is 5.69 Å². The molecule has 7 nitrogen and oxygen atoms in total. The van der Waals surface area contributed by atoms with Gasteiger partial charge in [-0.25, -0.2) is 5.84 Å². The predicted molar refractivity (Wildman–Crippen MR) is 64.9 cm³/mol. The lowest BCUT2D eigenvalue weighted by atomic mass is 10.2. The standard InChI is InChI=1S/C11H15N3O4/c1-3-9(11(15)13-12)18-10-6-8(14(16)17)5-4-7(10)2/h4-6,9H,3,12H2,1-2H3,(H,13,15). The summed E-state index contributed by atoms with van der Waals surface area (Å²) < 4.78 is 5.44. The lowest BCUT2D eigenvalue weighted by Crippen LogP contribution is -2.41. The molecule has 18 heavy (non-hydrogen) atoms. The van der Waals surface area contributed by atoms with Crippen molar-refractivity contribution >= 4 is 11.6 Å². The van der Waals surface area contributed by atoms with E-state index < -0.39 is 16.9 Å². The maximum Gasteiger partial charge on any atom is 0.274 e. The predicted octanol–water partition coefficient (Wildman–Crippen LogP) is 1.05. The van der Waals surface area contributed by atoms with Crippen molar-refractivity contribution in [1.29, 1.82) is 0 Å². The molecule has 7 heteroatoms. The van der Waals surface area contributed by atoms with Crippen molar-refractivity contribution in [2.75, 3.05) is 0 Å². The lowest BCUT2D eigenvalue weighted by molar-refractivity contribution is -0.385. The zero-order valence-electron chi connectivity index (χ0n) is 10.2. The van der Waals surface area contributed by atoms with Crippen LogP contribution < -0.4 is 16.0 Å². The molecule has 1 amide bonds. The number of ether oxygens (including phenoxy) is 1. The van der Waals surface area contributed by atoms with Gasteiger partial charge in [0.25, 0.3) is 11.6 Å². The fraction of sp³-hybridized carbons (Fsp3) is 0.364. The molecule has 1 atom stereocenters. The second-order valence-corrected chi connectivity index (χ2v) is 3.73. The second kappa shape index (κ2) is 5.97. The van der Waals surface area contributed by atoms with E-state index in [0.29, 0.717) is 17.7 Å². The highest BCUT2D eigenvalue weighted by Gasteiger charge is 2.19. The van der Waals surface area contributed by atoms with Crippen LogP contribution in [0, 0.1) is 17.0 Å². The number of hydrogen-bond donors (Lipinski definition) is 2. The first-order valence-electron chi connectivity index (χ1n) is 5.41. The highest BCUT2D eigenvalue weighted by Crippen LogP contribution is 2.25. The SMILES string of the molecule is CCC(Oc1cc([N+](=O)[O-])ccc1C)C(=O)NN. The number of aryl methyl sites for hydroxylation is 1. The number of non-ortho nitro benzene ring substituents is 1. The van der Waals surface area contributed by atoms with E-state index in [1.165, 1.54) is 12.1 Å². The molecule has 0 saturated carbocycles. The Balaban J connectivity index is 2.98. The molecule has 0 aliphatic rings. The number of hydrazine groups is 1. The largest absolute Gasteiger partial charge is 0.480 e. The van der Waals surface area contributed by atoms with Crippen molar-refractivity contribution in [1.82, 2.24) is 5.43 Å². The minimum atomic E-state index is -0.768. The molecule has 3 N–H and O–H groups in total. The summed E-state index contributed by atoms with van der Waals surface area (Å²) in [4.78, 5) is 21.5. The van der Waals surface area contributed by atoms with Gasteiger partial charge in [0.2, 0.25) is 0 Å². The summed E-state index contributed by atoms with van der Waals surface area (Å²) in [5.74, 6) is 4.87. The first-order chi connectivity index (χ1) is 8.49. The topological polar surface area (TPSA) is 107 Å². The Morgan fingerprint density at radius 2 is 2.28 bits per heavy atom. The van der Waals surface area contributed by atoms with Crippen LogP contribution in [0.4, 0.5) is 5.69 Å². The average molecular weight is 253 g/mol. The van der Waals surface area contributed by atoms with Gasteiger partial charge in [0, 0.05) is 6.07 Å². The number of nitrogens with one attached hydrogen (secondary N) is 1. The quantitative estimate of drug-likeness (QED) is 0.353. The number of rotatable bonds is 5. The molecular weight excluding hydrogens is 238 g/mol. The van der Waals surface area contributed by atoms with E-state index in [4.69, 9.17) is 10.6 Å². The first kappa shape index (κ1) is 13.9. The van der Waals surface area contributed by atoms with Gasteiger partial charge in [-0.15, -0.1) is 0 Å². The molecule has 0 bridgehead atoms. The molecule has 98 valence electrons. The molecule has 1 rings (SSSR count). The van der Waals surface area contributed by atoms with E-state index in [0.717, 1.165) is 0 Å². The van der Waals surface area contributed by atoms with Crippen LogP contribution in [0.15, 0.2) is 18.2 Å². The van der Waals surface area contributed by atoms with Crippen LogP contribution >= 0.6 is 0 Å². The van der Waals surface area contributed by atoms with Gasteiger partial charge in [-0.3, -0.25) is 20.3 Å². The third kappa shape index (κ3) is 3.17. The molecule has 1 aromatic carbocycles. The van der Waals surface area contributed by atoms with Gasteiger partial charge in [-0.05, 0) is 25.0 Å². The van der Waals surface area contributed by atoms with E-state index in [9.17, 15) is 14.9 Å². The maximum absolute atomic E-state index is 11.4. The minimum Gasteiger partial charge on any atom is -0.480 e. The number of amides is 1. The number of benzene rings is 1. The van der Waals surface area contributed by atoms with E-state index in [1.807, 2.05) is 5.43 Å². The highest BCUT2D eigenvalue weighted by atomic mass is 16.6. The Labute approximate surface area is 104 Å². The van der Waals surface area contributed by atoms with Gasteiger partial charge in [0.05, 0.1) is 11.0 Å². The van der Waals surface area contributed by atoms with Gasteiger partial charge in [0.15, 0.2) is 6.10 Å². The molecule has 0 aliphatic heterocycles. The van der Waals surface area contributed by atoms with Crippen molar-refractivity contribution in [2.45, 2.75) is 26.4 Å². The van der Waals surface area contributed by atoms with Gasteiger partial charge < -0.3 is 4.74 Å². The Morgan fingerprint density at radius 1 is 1.61 bits per heavy atom. The molecular formula is C11H15N3O4. The summed E-state index contributed by atoms with van der Waals surface area (Å²) in [6.45, 7) is 3.50. The summed E-state index contributed by atoms with van der Waals surface area (Å²) in [7, 11) is 0. The lowest BCUT2D eigenvalue weighted by Gasteiger charge is -2.17. The molecule has 0 fully saturated rings. The van der Waals surface area contributed by atoms with Crippen molar-refractivity contribution in [2.24, 2.45) is 5.84 Å². The summed E-state index contributed by atoms with van der Waals surface area (Å²) in [6.07, 6.45) is -0.360. The summed E-state index contributed by atoms with van der Waals surface area (Å²) in [5.41, 5.74) is 2.62. The van der Waals surface area contributed by atoms with Gasteiger partial charge >= 0.3 is 0 Å². The van der Waals surface area contributed by atoms with Crippen LogP contribution in [0.5, 0.6) is 5.75 Å². The highest BCUT2D eigenvalue weighted by molar-refractivity contribution is 5.80. The molecule has 0 radical (unpaired) electrons. The molecule has 0 spiro atoms. The van der Waals surface area contributed by atoms with Crippen molar-refractivity contribution in [3.05, 3.63) is 33.9 Å². The Hall–Kier alpha value is -2.15. The number of nitro groups is 1. The van der Waals surface area contributed by atoms with Gasteiger partial charge in [-0.1, -0.05) is 6.92 Å². The smallest absolute Gasteiger partial charge is 0.274 e. The first-order valence-corrected chi connectivity index (χ1v) is 5.41. The third-order valence-electron chi connectivity index (χ3n) is 2.46. The summed E-state index contributed by atoms with van der Waals surface area (Å²) in [5, 5.41) is 10.7. The molecule has 1 unspecified atom stereocenters. The molecule has 0 heterocycles. The minimum absolute atomic E-state index is 0.0846. The number of nitro benzene ring substituents is 1. The van der Waals surface area contributed by atoms with Crippen LogP contribution in [0.25, 0.3) is 0 Å². The molecule has 0 aliphatic carbocycles. The van der Waals surface area contributed by atoms with E-state index in [2.05, 4.69) is 0 Å². The number of carbonyl (C=O) groups is 1. The Kier molecular flexibility index (Phi) is 4.61. The van der Waals surface area contributed by atoms with Crippen LogP contribution in [-0.2, 0) is 4.79 Å². The zero-order valence-corrected chi connectivity index (χ0v) is 10.2. The fourth-order valence-corrected chi connectivity index (χ4v) is 1.40. The molecule has 0 saturated heterocycles. The van der Waals surface area contributed by atoms with Crippen LogP contribution in [0.1, 0.15) is 18.9 Å². The van der Waals surface area contributed by atoms with E-state index >= 15 is 0 Å². The van der Waals surface area contributed by atoms with Crippen LogP contribution in [0.3, 0.4) is 0 Å². The summed E-state index contributed by atoms with van der Waals surface area (Å²) in [6, 6.07) is 4.24. The normalized spacial score (nSPS) is 11.7. The van der Waals surface area contributed by atoms with Crippen molar-refractivity contribution < 1.29 is 14.5 Å². The number of nitrogens with zero attached hydrogens (tertiary/aromatic N) is 1. The fourth-order valence-electron chi connectivity index (χ4n) is 1.40. The average Bonchev–Trinajstić information content (AvgIpc) is 2.36. The Morgan fingerprint density at radius 3 is 2.78 bits per heavy atom. The van der Waals surface area contributed by atoms with Crippen LogP contribution in [-0.4, -0.2) is 16.9 Å². The van der Waals surface area contributed by atoms with Crippen molar-refractivity contribution in [3.63, 3.8) is 0 Å².